The van der Waals surface area contributed by atoms with E-state index in [1.165, 1.54) is 0 Å². The Morgan fingerprint density at radius 1 is 1.00 bits per heavy atom. The van der Waals surface area contributed by atoms with Gasteiger partial charge >= 0.3 is 0 Å². The molecule has 0 fully saturated rings. The lowest BCUT2D eigenvalue weighted by molar-refractivity contribution is 0.104. The number of carbonyl (C=O) groups excluding carboxylic acids is 1. The van der Waals surface area contributed by atoms with E-state index in [1.807, 2.05) is 60.8 Å². The Hall–Kier alpha value is -2.13. The van der Waals surface area contributed by atoms with Gasteiger partial charge in [0.15, 0.2) is 5.78 Å². The highest BCUT2D eigenvalue weighted by Gasteiger charge is 2.08. The van der Waals surface area contributed by atoms with Crippen LogP contribution in [0.25, 0.3) is 15.4 Å². The van der Waals surface area contributed by atoms with Gasteiger partial charge in [0.1, 0.15) is 0 Å². The first kappa shape index (κ1) is 12.9. The summed E-state index contributed by atoms with van der Waals surface area (Å²) in [5.74, 6) is -0.0113. The Kier molecular flexibility index (Phi) is 3.52. The smallest absolute Gasteiger partial charge is 0.186 e. The van der Waals surface area contributed by atoms with Gasteiger partial charge in [0.25, 0.3) is 0 Å². The largest absolute Gasteiger partial charge is 0.361 e. The first-order valence-electron chi connectivity index (χ1n) is 6.29. The molecule has 0 aliphatic rings. The molecule has 0 aliphatic heterocycles. The van der Waals surface area contributed by atoms with Crippen molar-refractivity contribution in [3.63, 3.8) is 0 Å². The van der Waals surface area contributed by atoms with Crippen LogP contribution in [0, 0.1) is 0 Å². The van der Waals surface area contributed by atoms with Gasteiger partial charge in [-0.3, -0.25) is 4.79 Å². The topological polar surface area (TPSA) is 32.9 Å². The van der Waals surface area contributed by atoms with Crippen LogP contribution in [-0.4, -0.2) is 10.8 Å². The van der Waals surface area contributed by atoms with Gasteiger partial charge in [-0.2, -0.15) is 0 Å². The average molecular weight is 326 g/mol. The van der Waals surface area contributed by atoms with Gasteiger partial charge in [-0.05, 0) is 22.0 Å². The maximum absolute atomic E-state index is 12.2. The van der Waals surface area contributed by atoms with Crippen molar-refractivity contribution in [2.45, 2.75) is 0 Å². The molecule has 0 spiro atoms. The monoisotopic (exact) mass is 325 g/mol. The zero-order chi connectivity index (χ0) is 13.9. The highest BCUT2D eigenvalue weighted by atomic mass is 79.9. The van der Waals surface area contributed by atoms with E-state index in [0.29, 0.717) is 5.56 Å². The highest BCUT2D eigenvalue weighted by Crippen LogP contribution is 2.29. The Balaban J connectivity index is 1.98. The van der Waals surface area contributed by atoms with Crippen LogP contribution in [0.3, 0.4) is 0 Å². The predicted octanol–water partition coefficient (Wildman–Crippen LogP) is 4.79. The van der Waals surface area contributed by atoms with Gasteiger partial charge in [0.2, 0.25) is 0 Å². The molecule has 0 radical (unpaired) electrons. The fraction of sp³-hybridized carbons (Fsp3) is 0. The number of nitrogens with one attached hydrogen (secondary N) is 1. The van der Waals surface area contributed by atoms with E-state index in [9.17, 15) is 4.79 Å². The summed E-state index contributed by atoms with van der Waals surface area (Å²) in [6.07, 6.45) is 3.52. The summed E-state index contributed by atoms with van der Waals surface area (Å²) in [6, 6.07) is 17.3. The van der Waals surface area contributed by atoms with E-state index in [4.69, 9.17) is 0 Å². The second kappa shape index (κ2) is 5.47. The van der Waals surface area contributed by atoms with Gasteiger partial charge < -0.3 is 4.98 Å². The summed E-state index contributed by atoms with van der Waals surface area (Å²) in [5.41, 5.74) is 2.73. The fourth-order valence-corrected chi connectivity index (χ4v) is 2.68. The van der Waals surface area contributed by atoms with Crippen molar-refractivity contribution in [1.82, 2.24) is 4.98 Å². The number of aromatic amines is 1. The molecular formula is C17H12BrNO. The van der Waals surface area contributed by atoms with Crippen LogP contribution in [-0.2, 0) is 0 Å². The van der Waals surface area contributed by atoms with E-state index < -0.39 is 0 Å². The van der Waals surface area contributed by atoms with Crippen LogP contribution >= 0.6 is 15.9 Å². The SMILES string of the molecule is O=C(/C=C(\Br)c1c[nH]c2ccccc12)c1ccccc1. The molecule has 2 aromatic carbocycles. The normalized spacial score (nSPS) is 11.8. The number of rotatable bonds is 3. The quantitative estimate of drug-likeness (QED) is 0.545. The minimum Gasteiger partial charge on any atom is -0.361 e. The second-order valence-corrected chi connectivity index (χ2v) is 5.32. The highest BCUT2D eigenvalue weighted by molar-refractivity contribution is 9.15. The van der Waals surface area contributed by atoms with E-state index >= 15 is 0 Å². The number of fused-ring (bicyclic) bond motifs is 1. The number of hydrogen-bond acceptors (Lipinski definition) is 1. The Labute approximate surface area is 125 Å². The standard InChI is InChI=1S/C17H12BrNO/c18-15(10-17(20)12-6-2-1-3-7-12)14-11-19-16-9-5-4-8-13(14)16/h1-11,19H/b15-10-. The lowest BCUT2D eigenvalue weighted by Gasteiger charge is -1.99. The molecule has 3 rings (SSSR count). The fourth-order valence-electron chi connectivity index (χ4n) is 2.15. The van der Waals surface area contributed by atoms with Crippen LogP contribution in [0.5, 0.6) is 0 Å². The molecule has 0 bridgehead atoms. The molecule has 0 unspecified atom stereocenters. The number of para-hydroxylation sites is 1. The van der Waals surface area contributed by atoms with Crippen LogP contribution in [0.1, 0.15) is 15.9 Å². The van der Waals surface area contributed by atoms with Crippen molar-refractivity contribution in [3.05, 3.63) is 78.0 Å². The minimum absolute atomic E-state index is 0.0113. The van der Waals surface area contributed by atoms with Crippen molar-refractivity contribution in [1.29, 1.82) is 0 Å². The summed E-state index contributed by atoms with van der Waals surface area (Å²) < 4.78 is 0.781. The molecule has 3 heteroatoms. The lowest BCUT2D eigenvalue weighted by atomic mass is 10.1. The molecule has 0 aliphatic carbocycles. The molecule has 1 heterocycles. The summed E-state index contributed by atoms with van der Waals surface area (Å²) in [5, 5.41) is 1.09. The summed E-state index contributed by atoms with van der Waals surface area (Å²) >= 11 is 3.50. The number of carbonyl (C=O) groups is 1. The molecule has 2 nitrogen and oxygen atoms in total. The molecular weight excluding hydrogens is 314 g/mol. The van der Waals surface area contributed by atoms with E-state index in [1.54, 1.807) is 6.08 Å². The molecule has 1 aromatic heterocycles. The van der Waals surface area contributed by atoms with Crippen molar-refractivity contribution in [2.24, 2.45) is 0 Å². The van der Waals surface area contributed by atoms with Crippen molar-refractivity contribution in [3.8, 4) is 0 Å². The summed E-state index contributed by atoms with van der Waals surface area (Å²) in [4.78, 5) is 15.4. The molecule has 20 heavy (non-hydrogen) atoms. The number of H-pyrrole nitrogens is 1. The molecule has 0 saturated heterocycles. The average Bonchev–Trinajstić information content (AvgIpc) is 2.92. The Bertz CT molecular complexity index is 787. The first-order chi connectivity index (χ1) is 9.75. The molecule has 3 aromatic rings. The Morgan fingerprint density at radius 2 is 1.70 bits per heavy atom. The number of aromatic nitrogens is 1. The van der Waals surface area contributed by atoms with Crippen LogP contribution in [0.15, 0.2) is 66.9 Å². The zero-order valence-corrected chi connectivity index (χ0v) is 12.2. The predicted molar refractivity (Wildman–Crippen MR) is 86.0 cm³/mol. The van der Waals surface area contributed by atoms with Crippen molar-refractivity contribution in [2.75, 3.05) is 0 Å². The lowest BCUT2D eigenvalue weighted by Crippen LogP contribution is -1.93. The summed E-state index contributed by atoms with van der Waals surface area (Å²) in [6.45, 7) is 0. The van der Waals surface area contributed by atoms with Gasteiger partial charge in [-0.15, -0.1) is 0 Å². The number of benzene rings is 2. The first-order valence-corrected chi connectivity index (χ1v) is 7.08. The molecule has 0 amide bonds. The molecule has 0 saturated carbocycles. The van der Waals surface area contributed by atoms with E-state index in [-0.39, 0.29) is 5.78 Å². The maximum atomic E-state index is 12.2. The van der Waals surface area contributed by atoms with Crippen LogP contribution in [0.4, 0.5) is 0 Å². The van der Waals surface area contributed by atoms with Gasteiger partial charge in [-0.25, -0.2) is 0 Å². The van der Waals surface area contributed by atoms with E-state index in [2.05, 4.69) is 20.9 Å². The second-order valence-electron chi connectivity index (χ2n) is 4.47. The van der Waals surface area contributed by atoms with Gasteiger partial charge in [-0.1, -0.05) is 48.5 Å². The minimum atomic E-state index is -0.0113. The van der Waals surface area contributed by atoms with Crippen molar-refractivity contribution >= 4 is 37.1 Å². The third-order valence-corrected chi connectivity index (χ3v) is 3.82. The zero-order valence-electron chi connectivity index (χ0n) is 10.6. The summed E-state index contributed by atoms with van der Waals surface area (Å²) in [7, 11) is 0. The number of halogens is 1. The number of ketones is 1. The number of allylic oxidation sites excluding steroid dienone is 1. The van der Waals surface area contributed by atoms with Gasteiger partial charge in [0.05, 0.1) is 0 Å². The van der Waals surface area contributed by atoms with Gasteiger partial charge in [0, 0.05) is 38.8 Å². The van der Waals surface area contributed by atoms with E-state index in [0.717, 1.165) is 20.9 Å². The molecule has 1 N–H and O–H groups in total. The van der Waals surface area contributed by atoms with Crippen LogP contribution < -0.4 is 0 Å². The Morgan fingerprint density at radius 3 is 2.50 bits per heavy atom. The van der Waals surface area contributed by atoms with Crippen LogP contribution in [0.2, 0.25) is 0 Å². The molecule has 0 atom stereocenters. The van der Waals surface area contributed by atoms with Crippen molar-refractivity contribution < 1.29 is 4.79 Å². The number of hydrogen-bond donors (Lipinski definition) is 1. The maximum Gasteiger partial charge on any atom is 0.186 e. The molecule has 98 valence electrons. The third kappa shape index (κ3) is 2.45. The third-order valence-electron chi connectivity index (χ3n) is 3.16.